The molecule has 0 aromatic rings. The molecule has 0 aliphatic heterocycles. The predicted octanol–water partition coefficient (Wildman–Crippen LogP) is 1.03. The molecule has 1 unspecified atom stereocenters. The molecule has 0 aromatic carbocycles. The Morgan fingerprint density at radius 1 is 1.89 bits per heavy atom. The molecule has 4 heteroatoms. The lowest BCUT2D eigenvalue weighted by Gasteiger charge is -2.04. The number of hydrogen-bond donors (Lipinski definition) is 1. The van der Waals surface area contributed by atoms with Crippen molar-refractivity contribution < 1.29 is 9.63 Å². The van der Waals surface area contributed by atoms with Gasteiger partial charge in [-0.05, 0) is 6.92 Å². The van der Waals surface area contributed by atoms with E-state index in [9.17, 15) is 4.79 Å². The van der Waals surface area contributed by atoms with Gasteiger partial charge in [-0.1, -0.05) is 6.92 Å². The van der Waals surface area contributed by atoms with Crippen molar-refractivity contribution in [1.82, 2.24) is 5.48 Å². The molecule has 0 saturated carbocycles. The van der Waals surface area contributed by atoms with E-state index in [1.54, 1.807) is 13.8 Å². The van der Waals surface area contributed by atoms with Crippen LogP contribution in [0.4, 0.5) is 0 Å². The quantitative estimate of drug-likeness (QED) is 0.372. The van der Waals surface area contributed by atoms with Gasteiger partial charge in [-0.25, -0.2) is 0 Å². The van der Waals surface area contributed by atoms with Crippen LogP contribution in [-0.2, 0) is 9.63 Å². The maximum atomic E-state index is 10.4. The first-order valence-electron chi connectivity index (χ1n) is 2.76. The summed E-state index contributed by atoms with van der Waals surface area (Å²) in [5, 5.41) is 0. The fourth-order valence-electron chi connectivity index (χ4n) is 0.219. The maximum absolute atomic E-state index is 10.4. The molecule has 9 heavy (non-hydrogen) atoms. The number of rotatable bonds is 3. The van der Waals surface area contributed by atoms with Crippen LogP contribution in [0.1, 0.15) is 20.3 Å². The molecule has 0 amide bonds. The third-order valence-corrected chi connectivity index (χ3v) is 0.713. The zero-order chi connectivity index (χ0) is 7.28. The minimum Gasteiger partial charge on any atom is -0.369 e. The molecular weight excluding hydrogens is 142 g/mol. The van der Waals surface area contributed by atoms with Crippen molar-refractivity contribution in [1.29, 1.82) is 0 Å². The van der Waals surface area contributed by atoms with E-state index < -0.39 is 0 Å². The van der Waals surface area contributed by atoms with Crippen LogP contribution in [0.5, 0.6) is 0 Å². The van der Waals surface area contributed by atoms with E-state index in [1.807, 2.05) is 0 Å². The van der Waals surface area contributed by atoms with Gasteiger partial charge in [0.05, 0.1) is 0 Å². The molecule has 0 rings (SSSR count). The van der Waals surface area contributed by atoms with Crippen molar-refractivity contribution in [3.8, 4) is 0 Å². The second kappa shape index (κ2) is 4.58. The second-order valence-corrected chi connectivity index (χ2v) is 2.22. The summed E-state index contributed by atoms with van der Waals surface area (Å²) in [6, 6.07) is 0. The SMILES string of the molecule is CCC(=O)ONC(C)Cl. The van der Waals surface area contributed by atoms with Gasteiger partial charge in [0.2, 0.25) is 0 Å². The van der Waals surface area contributed by atoms with Gasteiger partial charge in [-0.2, -0.15) is 0 Å². The summed E-state index contributed by atoms with van der Waals surface area (Å²) in [6.45, 7) is 3.38. The van der Waals surface area contributed by atoms with Gasteiger partial charge in [0.1, 0.15) is 5.50 Å². The van der Waals surface area contributed by atoms with Crippen molar-refractivity contribution in [2.45, 2.75) is 25.8 Å². The standard InChI is InChI=1S/C5H10ClNO2/c1-3-5(8)9-7-4(2)6/h4,7H,3H2,1-2H3. The molecular formula is C5H10ClNO2. The first-order valence-corrected chi connectivity index (χ1v) is 3.19. The molecule has 54 valence electrons. The predicted molar refractivity (Wildman–Crippen MR) is 34.8 cm³/mol. The molecule has 0 radical (unpaired) electrons. The number of carbonyl (C=O) groups excluding carboxylic acids is 1. The normalized spacial score (nSPS) is 12.8. The average molecular weight is 152 g/mol. The summed E-state index contributed by atoms with van der Waals surface area (Å²) in [4.78, 5) is 14.8. The van der Waals surface area contributed by atoms with Crippen LogP contribution in [0, 0.1) is 0 Å². The van der Waals surface area contributed by atoms with Crippen LogP contribution in [-0.4, -0.2) is 11.5 Å². The first-order chi connectivity index (χ1) is 4.16. The van der Waals surface area contributed by atoms with Crippen LogP contribution in [0.3, 0.4) is 0 Å². The Hall–Kier alpha value is -0.280. The van der Waals surface area contributed by atoms with Gasteiger partial charge in [-0.3, -0.25) is 4.79 Å². The van der Waals surface area contributed by atoms with Gasteiger partial charge in [0.25, 0.3) is 0 Å². The number of nitrogens with one attached hydrogen (secondary N) is 1. The van der Waals surface area contributed by atoms with Crippen molar-refractivity contribution in [2.24, 2.45) is 0 Å². The van der Waals surface area contributed by atoms with Gasteiger partial charge in [0.15, 0.2) is 0 Å². The second-order valence-electron chi connectivity index (χ2n) is 1.56. The highest BCUT2D eigenvalue weighted by Crippen LogP contribution is 1.87. The highest BCUT2D eigenvalue weighted by Gasteiger charge is 1.99. The molecule has 0 bridgehead atoms. The van der Waals surface area contributed by atoms with Gasteiger partial charge in [0, 0.05) is 6.42 Å². The van der Waals surface area contributed by atoms with Crippen molar-refractivity contribution in [3.63, 3.8) is 0 Å². The molecule has 0 fully saturated rings. The molecule has 0 spiro atoms. The molecule has 1 atom stereocenters. The van der Waals surface area contributed by atoms with E-state index in [-0.39, 0.29) is 11.5 Å². The number of hydrogen-bond acceptors (Lipinski definition) is 3. The Bertz CT molecular complexity index is 95.0. The molecule has 1 N–H and O–H groups in total. The number of carbonyl (C=O) groups is 1. The molecule has 0 aliphatic rings. The molecule has 0 saturated heterocycles. The third kappa shape index (κ3) is 5.59. The Labute approximate surface area is 59.3 Å². The average Bonchev–Trinajstić information content (AvgIpc) is 1.83. The number of hydroxylamine groups is 1. The van der Waals surface area contributed by atoms with Crippen LogP contribution < -0.4 is 5.48 Å². The lowest BCUT2D eigenvalue weighted by atomic mass is 10.5. The number of alkyl halides is 1. The minimum atomic E-state index is -0.333. The monoisotopic (exact) mass is 151 g/mol. The van der Waals surface area contributed by atoms with Crippen LogP contribution in [0.25, 0.3) is 0 Å². The van der Waals surface area contributed by atoms with E-state index in [0.717, 1.165) is 0 Å². The zero-order valence-electron chi connectivity index (χ0n) is 5.48. The summed E-state index contributed by atoms with van der Waals surface area (Å²) < 4.78 is 0. The summed E-state index contributed by atoms with van der Waals surface area (Å²) in [7, 11) is 0. The van der Waals surface area contributed by atoms with Crippen LogP contribution >= 0.6 is 11.6 Å². The summed E-state index contributed by atoms with van der Waals surface area (Å²) >= 11 is 5.39. The van der Waals surface area contributed by atoms with E-state index in [2.05, 4.69) is 10.3 Å². The summed E-state index contributed by atoms with van der Waals surface area (Å²) in [6.07, 6.45) is 0.358. The van der Waals surface area contributed by atoms with E-state index >= 15 is 0 Å². The van der Waals surface area contributed by atoms with E-state index in [4.69, 9.17) is 11.6 Å². The lowest BCUT2D eigenvalue weighted by molar-refractivity contribution is -0.151. The van der Waals surface area contributed by atoms with Gasteiger partial charge < -0.3 is 4.84 Å². The minimum absolute atomic E-state index is 0.303. The highest BCUT2D eigenvalue weighted by molar-refractivity contribution is 6.20. The molecule has 0 aromatic heterocycles. The van der Waals surface area contributed by atoms with Crippen molar-refractivity contribution >= 4 is 17.6 Å². The third-order valence-electron chi connectivity index (χ3n) is 0.624. The van der Waals surface area contributed by atoms with E-state index in [1.165, 1.54) is 0 Å². The Morgan fingerprint density at radius 2 is 2.44 bits per heavy atom. The van der Waals surface area contributed by atoms with Crippen molar-refractivity contribution in [3.05, 3.63) is 0 Å². The lowest BCUT2D eigenvalue weighted by Crippen LogP contribution is -2.24. The fraction of sp³-hybridized carbons (Fsp3) is 0.800. The Balaban J connectivity index is 3.17. The van der Waals surface area contributed by atoms with Crippen LogP contribution in [0.2, 0.25) is 0 Å². The first kappa shape index (κ1) is 8.72. The largest absolute Gasteiger partial charge is 0.369 e. The molecule has 0 aliphatic carbocycles. The smallest absolute Gasteiger partial charge is 0.324 e. The highest BCUT2D eigenvalue weighted by atomic mass is 35.5. The summed E-state index contributed by atoms with van der Waals surface area (Å²) in [5.41, 5.74) is 1.98. The molecule has 3 nitrogen and oxygen atoms in total. The zero-order valence-corrected chi connectivity index (χ0v) is 6.23. The maximum Gasteiger partial charge on any atom is 0.324 e. The van der Waals surface area contributed by atoms with Gasteiger partial charge >= 0.3 is 5.97 Å². The van der Waals surface area contributed by atoms with Crippen LogP contribution in [0.15, 0.2) is 0 Å². The number of halogens is 1. The Morgan fingerprint density at radius 3 is 2.78 bits per heavy atom. The van der Waals surface area contributed by atoms with E-state index in [0.29, 0.717) is 6.42 Å². The topological polar surface area (TPSA) is 38.3 Å². The van der Waals surface area contributed by atoms with Crippen molar-refractivity contribution in [2.75, 3.05) is 0 Å². The Kier molecular flexibility index (Phi) is 4.44. The summed E-state index contributed by atoms with van der Waals surface area (Å²) in [5.74, 6) is -0.303. The fourth-order valence-corrected chi connectivity index (χ4v) is 0.264. The molecule has 0 heterocycles. The van der Waals surface area contributed by atoms with Gasteiger partial charge in [-0.15, -0.1) is 17.1 Å².